The number of thiocarbonyl (C=S) groups is 1. The van der Waals surface area contributed by atoms with Crippen molar-refractivity contribution in [3.63, 3.8) is 0 Å². The predicted octanol–water partition coefficient (Wildman–Crippen LogP) is 6.69. The Balaban J connectivity index is 0.000000739. The minimum atomic E-state index is -0.815. The average Bonchev–Trinajstić information content (AvgIpc) is 3.17. The molecule has 0 aliphatic heterocycles. The average molecular weight is 912 g/mol. The van der Waals surface area contributed by atoms with Gasteiger partial charge in [-0.15, -0.1) is 0 Å². The summed E-state index contributed by atoms with van der Waals surface area (Å²) >= 11 is 13.6. The van der Waals surface area contributed by atoms with Gasteiger partial charge in [0, 0.05) is 11.1 Å². The molecule has 0 aliphatic carbocycles. The lowest BCUT2D eigenvalue weighted by Gasteiger charge is -2.08. The Morgan fingerprint density at radius 1 is 0.807 bits per heavy atom. The fraction of sp³-hybridized carbons (Fsp3) is 0.410. The number of nitrogens with one attached hydrogen (secondary N) is 3. The first-order chi connectivity index (χ1) is 27.1. The molecule has 2 heterocycles. The number of unbranched alkanes of at least 4 members (excludes halogenated alkanes) is 2. The summed E-state index contributed by atoms with van der Waals surface area (Å²) in [5.41, 5.74) is 11.9. The van der Waals surface area contributed by atoms with Crippen LogP contribution in [-0.4, -0.2) is 71.5 Å². The second-order valence-electron chi connectivity index (χ2n) is 11.8. The van der Waals surface area contributed by atoms with Gasteiger partial charge in [0.05, 0.1) is 24.3 Å². The minimum Gasteiger partial charge on any atom is -0.494 e. The molecule has 18 heteroatoms. The van der Waals surface area contributed by atoms with Gasteiger partial charge in [-0.2, -0.15) is 4.98 Å². The molecule has 2 aromatic carbocycles. The first-order valence-electron chi connectivity index (χ1n) is 18.0. The van der Waals surface area contributed by atoms with Crippen molar-refractivity contribution in [1.82, 2.24) is 19.9 Å². The van der Waals surface area contributed by atoms with Crippen LogP contribution in [-0.2, 0) is 31.9 Å². The number of ether oxygens (including phenoxy) is 2. The van der Waals surface area contributed by atoms with Crippen molar-refractivity contribution in [2.75, 3.05) is 24.3 Å². The highest BCUT2D eigenvalue weighted by Gasteiger charge is 2.23. The molecule has 9 N–H and O–H groups in total. The summed E-state index contributed by atoms with van der Waals surface area (Å²) in [7, 11) is 0. The highest BCUT2D eigenvalue weighted by molar-refractivity contribution is 9.09. The quantitative estimate of drug-likeness (QED) is 0.0133. The summed E-state index contributed by atoms with van der Waals surface area (Å²) in [6.45, 7) is 8.46. The first-order valence-corrected chi connectivity index (χ1v) is 21.0. The van der Waals surface area contributed by atoms with Crippen LogP contribution < -0.4 is 22.6 Å². The molecule has 0 radical (unpaired) electrons. The Kier molecular flexibility index (Phi) is 29.1. The van der Waals surface area contributed by atoms with Gasteiger partial charge < -0.3 is 41.1 Å². The summed E-state index contributed by atoms with van der Waals surface area (Å²) in [4.78, 5) is 55.4. The number of nitrogens with zero attached hydrogens (tertiary/aromatic N) is 1. The molecular weight excluding hydrogens is 857 g/mol. The lowest BCUT2D eigenvalue weighted by atomic mass is 10.1. The van der Waals surface area contributed by atoms with Crippen molar-refractivity contribution in [2.45, 2.75) is 78.3 Å². The fourth-order valence-corrected chi connectivity index (χ4v) is 5.49. The zero-order valence-corrected chi connectivity index (χ0v) is 37.0. The zero-order chi connectivity index (χ0) is 43.2. The number of carbonyl (C=O) groups excluding carboxylic acids is 2. The monoisotopic (exact) mass is 910 g/mol. The molecule has 0 fully saturated rings. The third-order valence-corrected chi connectivity index (χ3v) is 8.90. The van der Waals surface area contributed by atoms with Gasteiger partial charge in [0.1, 0.15) is 0 Å². The molecule has 0 amide bonds. The van der Waals surface area contributed by atoms with E-state index in [9.17, 15) is 24.3 Å². The van der Waals surface area contributed by atoms with Gasteiger partial charge in [-0.05, 0) is 109 Å². The summed E-state index contributed by atoms with van der Waals surface area (Å²) in [6.07, 6.45) is 6.97. The normalized spacial score (nSPS) is 9.81. The first kappa shape index (κ1) is 52.5. The number of nitrogens with two attached hydrogens (primary N) is 2. The third kappa shape index (κ3) is 25.4. The number of H-pyrrole nitrogens is 3. The van der Waals surface area contributed by atoms with E-state index in [1.54, 1.807) is 20.8 Å². The number of aromatic amines is 3. The maximum Gasteiger partial charge on any atom is 0.320 e. The second-order valence-corrected chi connectivity index (χ2v) is 14.5. The van der Waals surface area contributed by atoms with Crippen LogP contribution in [0.5, 0.6) is 11.8 Å². The van der Waals surface area contributed by atoms with Gasteiger partial charge in [-0.25, -0.2) is 0 Å². The number of aromatic nitrogens is 4. The van der Waals surface area contributed by atoms with E-state index in [1.165, 1.54) is 56.0 Å². The number of alkyl halides is 1. The van der Waals surface area contributed by atoms with Crippen LogP contribution in [0, 0.1) is 24.5 Å². The summed E-state index contributed by atoms with van der Waals surface area (Å²) in [5, 5.41) is 20.0. The van der Waals surface area contributed by atoms with Crippen LogP contribution in [0.1, 0.15) is 68.7 Å². The Morgan fingerprint density at radius 2 is 1.26 bits per heavy atom. The van der Waals surface area contributed by atoms with Gasteiger partial charge >= 0.3 is 11.9 Å². The van der Waals surface area contributed by atoms with Crippen LogP contribution in [0.2, 0.25) is 0 Å². The molecule has 4 rings (SSSR count). The highest BCUT2D eigenvalue weighted by atomic mass is 79.9. The molecule has 14 nitrogen and oxygen atoms in total. The number of rotatable bonds is 14. The number of benzene rings is 2. The maximum absolute atomic E-state index is 11.5. The van der Waals surface area contributed by atoms with Gasteiger partial charge in [-0.3, -0.25) is 24.2 Å². The fourth-order valence-electron chi connectivity index (χ4n) is 4.05. The van der Waals surface area contributed by atoms with E-state index >= 15 is 0 Å². The van der Waals surface area contributed by atoms with Crippen molar-refractivity contribution in [3.05, 3.63) is 108 Å². The molecule has 0 unspecified atom stereocenters. The van der Waals surface area contributed by atoms with Gasteiger partial charge in [0.25, 0.3) is 11.1 Å². The molecule has 0 atom stereocenters. The van der Waals surface area contributed by atoms with E-state index in [4.69, 9.17) is 5.11 Å². The molecule has 0 bridgehead atoms. The Bertz CT molecular complexity index is 1910. The molecule has 4 aromatic rings. The van der Waals surface area contributed by atoms with Crippen molar-refractivity contribution in [2.24, 2.45) is 17.4 Å². The number of hydrogen-bond donors (Lipinski definition) is 7. The molecule has 314 valence electrons. The number of esters is 2. The van der Waals surface area contributed by atoms with Crippen molar-refractivity contribution in [3.8, 4) is 11.8 Å². The predicted molar refractivity (Wildman–Crippen MR) is 237 cm³/mol. The van der Waals surface area contributed by atoms with E-state index < -0.39 is 17.9 Å². The highest BCUT2D eigenvalue weighted by Crippen LogP contribution is 2.18. The van der Waals surface area contributed by atoms with Gasteiger partial charge in [-0.1, -0.05) is 88.4 Å². The lowest BCUT2D eigenvalue weighted by Crippen LogP contribution is -2.25. The van der Waals surface area contributed by atoms with Gasteiger partial charge in [0.2, 0.25) is 5.88 Å². The van der Waals surface area contributed by atoms with Crippen LogP contribution >= 0.6 is 52.1 Å². The summed E-state index contributed by atoms with van der Waals surface area (Å²) in [6, 6.07) is 21.0. The van der Waals surface area contributed by atoms with Crippen LogP contribution in [0.15, 0.2) is 75.4 Å². The Hall–Kier alpha value is -4.52. The van der Waals surface area contributed by atoms with Crippen LogP contribution in [0.4, 0.5) is 0 Å². The maximum atomic E-state index is 11.5. The van der Waals surface area contributed by atoms with Crippen LogP contribution in [0.25, 0.3) is 0 Å². The zero-order valence-electron chi connectivity index (χ0n) is 33.0. The third-order valence-electron chi connectivity index (χ3n) is 7.17. The summed E-state index contributed by atoms with van der Waals surface area (Å²) in [5.74, 6) is -1.36. The smallest absolute Gasteiger partial charge is 0.320 e. The molecule has 2 aromatic heterocycles. The van der Waals surface area contributed by atoms with Crippen molar-refractivity contribution in [1.29, 1.82) is 0 Å². The summed E-state index contributed by atoms with van der Waals surface area (Å²) < 4.78 is 9.40. The molecular formula is C39H55BrN6O8S3. The molecule has 57 heavy (non-hydrogen) atoms. The molecule has 0 saturated carbocycles. The molecule has 0 spiro atoms. The Labute approximate surface area is 356 Å². The van der Waals surface area contributed by atoms with Gasteiger partial charge in [0.15, 0.2) is 26.8 Å². The lowest BCUT2D eigenvalue weighted by molar-refractivity contribution is -0.160. The van der Waals surface area contributed by atoms with E-state index in [2.05, 4.69) is 124 Å². The van der Waals surface area contributed by atoms with E-state index in [1.807, 2.05) is 18.2 Å². The topological polar surface area (TPSA) is 239 Å². The largest absolute Gasteiger partial charge is 0.494 e. The van der Waals surface area contributed by atoms with E-state index in [0.29, 0.717) is 5.16 Å². The van der Waals surface area contributed by atoms with E-state index in [0.717, 1.165) is 30.3 Å². The minimum absolute atomic E-state index is 0.000000000000000222. The number of aryl methyl sites for hydroxylation is 2. The second kappa shape index (κ2) is 31.6. The number of hydrogen-bond acceptors (Lipinski definition) is 12. The SMILES string of the molecule is BrCCCCc1ccccc1.CCOC(=O)C(C)C(=O)OCC.Cc1c(O)[nH]c(=S)[nH]c1=O.Cc1c(O)nc(SCCCCc2ccccc2)[nH]c1=O.NC(N)=S. The molecule has 0 saturated heterocycles. The number of thioether (sulfide) groups is 1. The number of halogens is 1. The van der Waals surface area contributed by atoms with Crippen LogP contribution in [0.3, 0.4) is 0 Å². The van der Waals surface area contributed by atoms with Crippen molar-refractivity contribution >= 4 is 69.2 Å². The molecule has 0 aliphatic rings. The van der Waals surface area contributed by atoms with E-state index in [-0.39, 0.29) is 57.1 Å². The number of aromatic hydroxyl groups is 2. The van der Waals surface area contributed by atoms with Crippen molar-refractivity contribution < 1.29 is 29.3 Å². The number of carbonyl (C=O) groups is 2. The standard InChI is InChI=1S/C15H18N2O2S.C10H13Br.C8H14O4.C5H6N2O2S.CH4N2S/c1-11-13(18)16-15(17-14(11)19)20-10-6-5-9-12-7-3-2-4-8-12;11-9-5-4-8-10-6-2-1-3-7-10;1-4-11-7(9)6(3)8(10)12-5-2;1-2-3(8)6-5(10)7-4(2)9;2-1(3)4/h2-4,7-8H,5-6,9-10H2,1H3,(H2,16,17,18,19);1-3,6-7H,4-5,8-9H2;6H,4-5H2,1-3H3;1H3,(H3,6,7,8,9,10);(H4,2,3,4). The Morgan fingerprint density at radius 3 is 1.68 bits per heavy atom.